The number of hydrogen-bond donors (Lipinski definition) is 1. The summed E-state index contributed by atoms with van der Waals surface area (Å²) in [4.78, 5) is 7.66. The van der Waals surface area contributed by atoms with Crippen LogP contribution < -0.4 is 0 Å². The molecule has 2 heterocycles. The average molecular weight is 248 g/mol. The summed E-state index contributed by atoms with van der Waals surface area (Å²) < 4.78 is 2.57. The van der Waals surface area contributed by atoms with Crippen LogP contribution in [0.15, 0.2) is 12.4 Å². The van der Waals surface area contributed by atoms with Gasteiger partial charge in [-0.05, 0) is 13.8 Å². The Hall–Kier alpha value is -1.49. The number of rotatable bonds is 3. The molecule has 2 rings (SSSR count). The molecule has 17 heavy (non-hydrogen) atoms. The molecule has 0 aliphatic rings. The van der Waals surface area contributed by atoms with Crippen molar-refractivity contribution in [2.75, 3.05) is 0 Å². The van der Waals surface area contributed by atoms with E-state index in [1.807, 2.05) is 24.0 Å². The third-order valence-corrected chi connectivity index (χ3v) is 3.18. The van der Waals surface area contributed by atoms with E-state index in [0.29, 0.717) is 4.64 Å². The van der Waals surface area contributed by atoms with Gasteiger partial charge in [0.25, 0.3) is 0 Å². The van der Waals surface area contributed by atoms with Gasteiger partial charge in [0.15, 0.2) is 0 Å². The van der Waals surface area contributed by atoms with Gasteiger partial charge in [-0.3, -0.25) is 4.68 Å². The van der Waals surface area contributed by atoms with Gasteiger partial charge < -0.3 is 4.98 Å². The Labute approximate surface area is 106 Å². The number of aromatic amines is 1. The van der Waals surface area contributed by atoms with Crippen LogP contribution in [-0.2, 0) is 13.0 Å². The van der Waals surface area contributed by atoms with E-state index in [2.05, 4.69) is 28.9 Å². The minimum atomic E-state index is 0.667. The van der Waals surface area contributed by atoms with E-state index in [4.69, 9.17) is 12.2 Å². The minimum Gasteiger partial charge on any atom is -0.343 e. The van der Waals surface area contributed by atoms with Crippen molar-refractivity contribution in [1.29, 1.82) is 0 Å². The fourth-order valence-electron chi connectivity index (χ4n) is 1.70. The number of nitrogens with zero attached hydrogens (tertiary/aromatic N) is 3. The van der Waals surface area contributed by atoms with E-state index in [-0.39, 0.29) is 0 Å². The van der Waals surface area contributed by atoms with Crippen molar-refractivity contribution in [2.24, 2.45) is 0 Å². The van der Waals surface area contributed by atoms with Crippen molar-refractivity contribution in [3.63, 3.8) is 0 Å². The molecular weight excluding hydrogens is 232 g/mol. The molecule has 90 valence electrons. The van der Waals surface area contributed by atoms with E-state index in [9.17, 15) is 0 Å². The number of H-pyrrole nitrogens is 1. The molecule has 0 unspecified atom stereocenters. The fraction of sp³-hybridized carbons (Fsp3) is 0.417. The Morgan fingerprint density at radius 1 is 1.41 bits per heavy atom. The van der Waals surface area contributed by atoms with Crippen molar-refractivity contribution in [1.82, 2.24) is 19.7 Å². The Bertz CT molecular complexity index is 582. The number of hydrogen-bond acceptors (Lipinski definition) is 3. The second kappa shape index (κ2) is 4.79. The van der Waals surface area contributed by atoms with Gasteiger partial charge >= 0.3 is 0 Å². The molecule has 0 bridgehead atoms. The highest BCUT2D eigenvalue weighted by molar-refractivity contribution is 7.71. The van der Waals surface area contributed by atoms with Crippen molar-refractivity contribution < 1.29 is 0 Å². The molecule has 2 aromatic heterocycles. The monoisotopic (exact) mass is 248 g/mol. The highest BCUT2D eigenvalue weighted by Crippen LogP contribution is 2.21. The standard InChI is InChI=1S/C12H16N4S/c1-4-10-14-11(8(3)12(17)15-10)9-6-13-16(5-2)7-9/h6-7H,4-5H2,1-3H3,(H,14,15,17). The van der Waals surface area contributed by atoms with Crippen molar-refractivity contribution >= 4 is 12.2 Å². The van der Waals surface area contributed by atoms with Gasteiger partial charge in [-0.15, -0.1) is 0 Å². The van der Waals surface area contributed by atoms with Crippen LogP contribution in [0.4, 0.5) is 0 Å². The number of nitrogens with one attached hydrogen (secondary N) is 1. The normalized spacial score (nSPS) is 10.8. The SMILES string of the molecule is CCc1nc(=S)c(C)c(-c2cnn(CC)c2)[nH]1. The Kier molecular flexibility index (Phi) is 3.38. The maximum Gasteiger partial charge on any atom is 0.133 e. The van der Waals surface area contributed by atoms with Crippen molar-refractivity contribution in [3.05, 3.63) is 28.4 Å². The van der Waals surface area contributed by atoms with E-state index in [0.717, 1.165) is 35.6 Å². The van der Waals surface area contributed by atoms with Crippen LogP contribution in [0.2, 0.25) is 0 Å². The zero-order valence-electron chi connectivity index (χ0n) is 10.3. The lowest BCUT2D eigenvalue weighted by molar-refractivity contribution is 0.660. The van der Waals surface area contributed by atoms with E-state index < -0.39 is 0 Å². The molecule has 0 atom stereocenters. The fourth-order valence-corrected chi connectivity index (χ4v) is 1.91. The molecular formula is C12H16N4S. The lowest BCUT2D eigenvalue weighted by Crippen LogP contribution is -1.99. The van der Waals surface area contributed by atoms with E-state index >= 15 is 0 Å². The van der Waals surface area contributed by atoms with Crippen LogP contribution >= 0.6 is 12.2 Å². The zero-order valence-corrected chi connectivity index (χ0v) is 11.1. The Morgan fingerprint density at radius 2 is 2.18 bits per heavy atom. The second-order valence-electron chi connectivity index (χ2n) is 3.93. The maximum absolute atomic E-state index is 5.27. The predicted octanol–water partition coefficient (Wildman–Crippen LogP) is 2.89. The summed E-state index contributed by atoms with van der Waals surface area (Å²) in [6, 6.07) is 0. The minimum absolute atomic E-state index is 0.667. The Morgan fingerprint density at radius 3 is 2.76 bits per heavy atom. The quantitative estimate of drug-likeness (QED) is 0.850. The zero-order chi connectivity index (χ0) is 12.4. The number of aromatic nitrogens is 4. The average Bonchev–Trinajstić information content (AvgIpc) is 2.81. The highest BCUT2D eigenvalue weighted by Gasteiger charge is 2.08. The van der Waals surface area contributed by atoms with Crippen LogP contribution in [0.5, 0.6) is 0 Å². The summed E-state index contributed by atoms with van der Waals surface area (Å²) in [6.45, 7) is 6.98. The van der Waals surface area contributed by atoms with Gasteiger partial charge in [-0.25, -0.2) is 4.98 Å². The first-order valence-electron chi connectivity index (χ1n) is 5.78. The summed E-state index contributed by atoms with van der Waals surface area (Å²) >= 11 is 5.27. The molecule has 0 aliphatic carbocycles. The molecule has 2 aromatic rings. The first-order valence-corrected chi connectivity index (χ1v) is 6.19. The molecule has 0 fully saturated rings. The molecule has 0 saturated carbocycles. The topological polar surface area (TPSA) is 46.5 Å². The van der Waals surface area contributed by atoms with Gasteiger partial charge in [0.05, 0.1) is 11.9 Å². The molecule has 0 aromatic carbocycles. The molecule has 0 aliphatic heterocycles. The largest absolute Gasteiger partial charge is 0.343 e. The number of aryl methyl sites for hydroxylation is 2. The van der Waals surface area contributed by atoms with Gasteiger partial charge in [-0.1, -0.05) is 19.1 Å². The predicted molar refractivity (Wildman–Crippen MR) is 70.4 cm³/mol. The van der Waals surface area contributed by atoms with Crippen LogP contribution in [0.3, 0.4) is 0 Å². The molecule has 5 heteroatoms. The lowest BCUT2D eigenvalue weighted by atomic mass is 10.1. The van der Waals surface area contributed by atoms with Gasteiger partial charge in [0.1, 0.15) is 10.5 Å². The third-order valence-electron chi connectivity index (χ3n) is 2.78. The molecule has 4 nitrogen and oxygen atoms in total. The summed E-state index contributed by atoms with van der Waals surface area (Å²) in [6.07, 6.45) is 4.72. The molecule has 0 radical (unpaired) electrons. The van der Waals surface area contributed by atoms with Crippen LogP contribution in [0, 0.1) is 11.6 Å². The molecule has 0 amide bonds. The molecule has 0 saturated heterocycles. The van der Waals surface area contributed by atoms with Crippen LogP contribution in [0.25, 0.3) is 11.3 Å². The van der Waals surface area contributed by atoms with E-state index in [1.54, 1.807) is 0 Å². The summed E-state index contributed by atoms with van der Waals surface area (Å²) in [5, 5.41) is 4.28. The van der Waals surface area contributed by atoms with E-state index in [1.165, 1.54) is 0 Å². The first kappa shape index (κ1) is 12.0. The van der Waals surface area contributed by atoms with Crippen LogP contribution in [0.1, 0.15) is 25.2 Å². The van der Waals surface area contributed by atoms with Gasteiger partial charge in [0.2, 0.25) is 0 Å². The van der Waals surface area contributed by atoms with Crippen molar-refractivity contribution in [2.45, 2.75) is 33.7 Å². The first-order chi connectivity index (χ1) is 8.15. The van der Waals surface area contributed by atoms with Crippen LogP contribution in [-0.4, -0.2) is 19.7 Å². The summed E-state index contributed by atoms with van der Waals surface area (Å²) in [5.74, 6) is 0.917. The molecule has 0 spiro atoms. The molecule has 1 N–H and O–H groups in total. The highest BCUT2D eigenvalue weighted by atomic mass is 32.1. The summed E-state index contributed by atoms with van der Waals surface area (Å²) in [7, 11) is 0. The smallest absolute Gasteiger partial charge is 0.133 e. The second-order valence-corrected chi connectivity index (χ2v) is 4.31. The third kappa shape index (κ3) is 2.29. The Balaban J connectivity index is 2.57. The van der Waals surface area contributed by atoms with Gasteiger partial charge in [0, 0.05) is 30.3 Å². The maximum atomic E-state index is 5.27. The van der Waals surface area contributed by atoms with Crippen molar-refractivity contribution in [3.8, 4) is 11.3 Å². The van der Waals surface area contributed by atoms with Gasteiger partial charge in [-0.2, -0.15) is 5.10 Å². The summed E-state index contributed by atoms with van der Waals surface area (Å²) in [5.41, 5.74) is 3.10. The lowest BCUT2D eigenvalue weighted by Gasteiger charge is -2.06.